The van der Waals surface area contributed by atoms with E-state index in [0.717, 1.165) is 29.4 Å². The maximum atomic E-state index is 14.6. The van der Waals surface area contributed by atoms with Crippen LogP contribution in [0.25, 0.3) is 0 Å². The lowest BCUT2D eigenvalue weighted by atomic mass is 9.79. The van der Waals surface area contributed by atoms with Crippen LogP contribution in [-0.4, -0.2) is 56.4 Å². The number of phenols is 1. The Bertz CT molecular complexity index is 1540. The average Bonchev–Trinajstić information content (AvgIpc) is 3.46. The van der Waals surface area contributed by atoms with E-state index in [2.05, 4.69) is 4.98 Å². The van der Waals surface area contributed by atoms with Gasteiger partial charge in [0.25, 0.3) is 11.8 Å². The van der Waals surface area contributed by atoms with Crippen molar-refractivity contribution in [2.45, 2.75) is 69.6 Å². The number of ether oxygens (including phenoxy) is 1. The number of nitrogens with zero attached hydrogens (tertiary/aromatic N) is 3. The van der Waals surface area contributed by atoms with Crippen molar-refractivity contribution in [1.82, 2.24) is 14.8 Å². The van der Waals surface area contributed by atoms with Gasteiger partial charge in [-0.25, -0.2) is 0 Å². The molecule has 2 aliphatic heterocycles. The molecule has 0 radical (unpaired) electrons. The Morgan fingerprint density at radius 2 is 1.91 bits per heavy atom. The van der Waals surface area contributed by atoms with Gasteiger partial charge in [-0.2, -0.15) is 26.3 Å². The number of likely N-dealkylation sites (tertiary alicyclic amines) is 1. The standard InChI is InChI=1S/C30H29F6N3O4S/c1-2-5-24-28(43-19-14-25(44-17-19)30(34,35)36,27(42)38-13-9-18-6-3-7-23(40)21(18)16-38)10-4-12-39(24)26(41)20-15-37-11-8-22(20)29(31,32)33/h3,6-8,11,14-15,17,24,40H,2,4-5,9-10,12-13,16H2,1H3/t24-,28+/m1/s1. The molecule has 1 fully saturated rings. The number of amides is 2. The minimum Gasteiger partial charge on any atom is -0.508 e. The zero-order valence-electron chi connectivity index (χ0n) is 23.5. The molecular formula is C30H29F6N3O4S. The SMILES string of the molecule is CCC[C@H]1N(C(=O)c2cnccc2C(F)(F)F)CCC[C@@]1(Oc1csc(C(F)(F)F)c1)C(=O)N1CCc2cccc(O)c2C1. The predicted octanol–water partition coefficient (Wildman–Crippen LogP) is 6.69. The summed E-state index contributed by atoms with van der Waals surface area (Å²) >= 11 is 0.385. The Kier molecular flexibility index (Phi) is 8.58. The van der Waals surface area contributed by atoms with Gasteiger partial charge in [0.15, 0.2) is 0 Å². The van der Waals surface area contributed by atoms with E-state index in [4.69, 9.17) is 4.74 Å². The van der Waals surface area contributed by atoms with E-state index < -0.39 is 51.8 Å². The maximum Gasteiger partial charge on any atom is 0.425 e. The van der Waals surface area contributed by atoms with Crippen LogP contribution in [0.15, 0.2) is 48.1 Å². The van der Waals surface area contributed by atoms with E-state index in [1.54, 1.807) is 13.0 Å². The molecule has 0 unspecified atom stereocenters. The quantitative estimate of drug-likeness (QED) is 0.303. The summed E-state index contributed by atoms with van der Waals surface area (Å²) in [6.45, 7) is 1.94. The molecule has 2 aromatic heterocycles. The van der Waals surface area contributed by atoms with Gasteiger partial charge in [0.05, 0.1) is 17.2 Å². The van der Waals surface area contributed by atoms with Crippen LogP contribution < -0.4 is 4.74 Å². The molecule has 0 bridgehead atoms. The number of rotatable bonds is 6. The summed E-state index contributed by atoms with van der Waals surface area (Å²) in [4.78, 5) is 33.8. The van der Waals surface area contributed by atoms with Crippen LogP contribution in [-0.2, 0) is 30.1 Å². The van der Waals surface area contributed by atoms with Crippen LogP contribution in [0.2, 0.25) is 0 Å². The summed E-state index contributed by atoms with van der Waals surface area (Å²) in [6.07, 6.45) is -6.76. The summed E-state index contributed by atoms with van der Waals surface area (Å²) in [5, 5.41) is 11.6. The van der Waals surface area contributed by atoms with Gasteiger partial charge >= 0.3 is 12.4 Å². The Morgan fingerprint density at radius 3 is 2.59 bits per heavy atom. The Balaban J connectivity index is 1.60. The molecule has 1 N–H and O–H groups in total. The summed E-state index contributed by atoms with van der Waals surface area (Å²) < 4.78 is 88.4. The molecule has 2 amide bonds. The highest BCUT2D eigenvalue weighted by molar-refractivity contribution is 7.10. The predicted molar refractivity (Wildman–Crippen MR) is 148 cm³/mol. The number of thiophene rings is 1. The number of benzene rings is 1. The molecule has 1 aromatic carbocycles. The van der Waals surface area contributed by atoms with E-state index >= 15 is 0 Å². The number of carbonyl (C=O) groups excluding carboxylic acids is 2. The summed E-state index contributed by atoms with van der Waals surface area (Å²) in [7, 11) is 0. The molecule has 1 saturated heterocycles. The van der Waals surface area contributed by atoms with Crippen molar-refractivity contribution in [1.29, 1.82) is 0 Å². The topological polar surface area (TPSA) is 83.0 Å². The van der Waals surface area contributed by atoms with Crippen molar-refractivity contribution >= 4 is 23.2 Å². The van der Waals surface area contributed by atoms with Gasteiger partial charge < -0.3 is 19.6 Å². The van der Waals surface area contributed by atoms with Crippen LogP contribution in [0.4, 0.5) is 26.3 Å². The number of piperidine rings is 1. The smallest absolute Gasteiger partial charge is 0.425 e. The zero-order valence-corrected chi connectivity index (χ0v) is 24.4. The van der Waals surface area contributed by atoms with Gasteiger partial charge in [-0.1, -0.05) is 25.5 Å². The van der Waals surface area contributed by atoms with Crippen molar-refractivity contribution in [3.8, 4) is 11.5 Å². The number of aromatic hydroxyl groups is 1. The molecule has 44 heavy (non-hydrogen) atoms. The third-order valence-electron chi connectivity index (χ3n) is 8.09. The number of fused-ring (bicyclic) bond motifs is 1. The van der Waals surface area contributed by atoms with Crippen LogP contribution >= 0.6 is 11.3 Å². The third-order valence-corrected chi connectivity index (χ3v) is 9.05. The molecule has 3 aromatic rings. The second-order valence-corrected chi connectivity index (χ2v) is 11.8. The molecular weight excluding hydrogens is 612 g/mol. The molecule has 5 rings (SSSR count). The van der Waals surface area contributed by atoms with Gasteiger partial charge in [-0.15, -0.1) is 11.3 Å². The van der Waals surface area contributed by atoms with Crippen molar-refractivity contribution in [2.75, 3.05) is 13.1 Å². The van der Waals surface area contributed by atoms with Gasteiger partial charge in [-0.05, 0) is 37.0 Å². The van der Waals surface area contributed by atoms with E-state index in [-0.39, 0.29) is 50.4 Å². The number of hydrogen-bond donors (Lipinski definition) is 1. The number of aromatic nitrogens is 1. The first-order valence-electron chi connectivity index (χ1n) is 14.0. The molecule has 4 heterocycles. The van der Waals surface area contributed by atoms with Crippen LogP contribution in [0.1, 0.15) is 64.5 Å². The number of alkyl halides is 6. The maximum absolute atomic E-state index is 14.6. The molecule has 2 atom stereocenters. The monoisotopic (exact) mass is 641 g/mol. The minimum absolute atomic E-state index is 0.000768. The highest BCUT2D eigenvalue weighted by atomic mass is 32.1. The summed E-state index contributed by atoms with van der Waals surface area (Å²) in [5.74, 6) is -1.88. The van der Waals surface area contributed by atoms with Crippen LogP contribution in [0.3, 0.4) is 0 Å². The molecule has 0 saturated carbocycles. The van der Waals surface area contributed by atoms with Crippen molar-refractivity contribution < 1.29 is 45.8 Å². The Labute approximate surface area is 253 Å². The Morgan fingerprint density at radius 1 is 1.14 bits per heavy atom. The lowest BCUT2D eigenvalue weighted by molar-refractivity contribution is -0.160. The highest BCUT2D eigenvalue weighted by Crippen LogP contribution is 2.43. The van der Waals surface area contributed by atoms with E-state index in [0.29, 0.717) is 35.8 Å². The molecule has 14 heteroatoms. The molecule has 0 aliphatic carbocycles. The number of phenolic OH excluding ortho intramolecular Hbond substituents is 1. The number of pyridine rings is 1. The van der Waals surface area contributed by atoms with E-state index in [9.17, 15) is 41.0 Å². The fourth-order valence-electron chi connectivity index (χ4n) is 6.11. The number of hydrogen-bond acceptors (Lipinski definition) is 6. The average molecular weight is 642 g/mol. The number of carbonyl (C=O) groups is 2. The Hall–Kier alpha value is -3.81. The fraction of sp³-hybridized carbons (Fsp3) is 0.433. The van der Waals surface area contributed by atoms with Crippen molar-refractivity contribution in [3.63, 3.8) is 0 Å². The number of halogens is 6. The van der Waals surface area contributed by atoms with E-state index in [1.807, 2.05) is 6.07 Å². The first-order valence-corrected chi connectivity index (χ1v) is 14.9. The second kappa shape index (κ2) is 11.9. The minimum atomic E-state index is -4.86. The summed E-state index contributed by atoms with van der Waals surface area (Å²) in [6, 6.07) is 5.34. The largest absolute Gasteiger partial charge is 0.508 e. The lowest BCUT2D eigenvalue weighted by Crippen LogP contribution is -2.68. The zero-order chi connectivity index (χ0) is 31.9. The second-order valence-electron chi connectivity index (χ2n) is 10.9. The van der Waals surface area contributed by atoms with Crippen molar-refractivity contribution in [2.24, 2.45) is 0 Å². The fourth-order valence-corrected chi connectivity index (χ4v) is 6.78. The first-order chi connectivity index (χ1) is 20.8. The molecule has 236 valence electrons. The van der Waals surface area contributed by atoms with Crippen LogP contribution in [0, 0.1) is 0 Å². The molecule has 0 spiro atoms. The van der Waals surface area contributed by atoms with Gasteiger partial charge in [0.1, 0.15) is 16.4 Å². The van der Waals surface area contributed by atoms with Gasteiger partial charge in [0.2, 0.25) is 5.60 Å². The lowest BCUT2D eigenvalue weighted by Gasteiger charge is -2.50. The molecule has 2 aliphatic rings. The van der Waals surface area contributed by atoms with Gasteiger partial charge in [-0.3, -0.25) is 14.6 Å². The van der Waals surface area contributed by atoms with Crippen LogP contribution in [0.5, 0.6) is 11.5 Å². The van der Waals surface area contributed by atoms with E-state index in [1.165, 1.54) is 15.9 Å². The first kappa shape index (κ1) is 31.6. The van der Waals surface area contributed by atoms with Crippen molar-refractivity contribution in [3.05, 3.63) is 75.2 Å². The highest BCUT2D eigenvalue weighted by Gasteiger charge is 2.56. The van der Waals surface area contributed by atoms with Gasteiger partial charge in [0, 0.05) is 55.5 Å². The molecule has 7 nitrogen and oxygen atoms in total. The normalized spacial score (nSPS) is 20.8. The third kappa shape index (κ3) is 5.95. The summed E-state index contributed by atoms with van der Waals surface area (Å²) in [5.41, 5.74) is -2.46.